The Morgan fingerprint density at radius 3 is 2.71 bits per heavy atom. The molecule has 1 amide bonds. The first-order valence-electron chi connectivity index (χ1n) is 7.45. The molecule has 1 aliphatic heterocycles. The van der Waals surface area contributed by atoms with Crippen LogP contribution in [-0.4, -0.2) is 46.9 Å². The minimum atomic E-state index is 0.0320. The zero-order valence-corrected chi connectivity index (χ0v) is 15.2. The van der Waals surface area contributed by atoms with Gasteiger partial charge in [0.25, 0.3) is 0 Å². The van der Waals surface area contributed by atoms with Gasteiger partial charge in [-0.2, -0.15) is 11.8 Å². The molecule has 21 heavy (non-hydrogen) atoms. The first-order valence-corrected chi connectivity index (χ1v) is 9.69. The minimum Gasteiger partial charge on any atom is -0.310 e. The van der Waals surface area contributed by atoms with Crippen LogP contribution in [0.2, 0.25) is 0 Å². The molecule has 0 aliphatic carbocycles. The van der Waals surface area contributed by atoms with E-state index in [1.165, 1.54) is 38.8 Å². The molecule has 1 N–H and O–H groups in total. The van der Waals surface area contributed by atoms with E-state index < -0.39 is 0 Å². The number of halogens is 1. The van der Waals surface area contributed by atoms with E-state index in [4.69, 9.17) is 0 Å². The molecule has 116 valence electrons. The van der Waals surface area contributed by atoms with Crippen molar-refractivity contribution in [1.82, 2.24) is 9.88 Å². The van der Waals surface area contributed by atoms with E-state index in [0.29, 0.717) is 11.6 Å². The lowest BCUT2D eigenvalue weighted by molar-refractivity contribution is -0.113. The second-order valence-corrected chi connectivity index (χ2v) is 7.57. The highest BCUT2D eigenvalue weighted by Crippen LogP contribution is 2.11. The summed E-state index contributed by atoms with van der Waals surface area (Å²) in [6, 6.07) is 3.78. The van der Waals surface area contributed by atoms with Gasteiger partial charge in [-0.05, 0) is 60.7 Å². The molecule has 0 radical (unpaired) electrons. The van der Waals surface area contributed by atoms with Crippen LogP contribution >= 0.6 is 34.4 Å². The summed E-state index contributed by atoms with van der Waals surface area (Å²) in [5, 5.41) is 2.83. The number of likely N-dealkylation sites (tertiary alicyclic amines) is 1. The highest BCUT2D eigenvalue weighted by atomic mass is 127. The first kappa shape index (κ1) is 17.0. The van der Waals surface area contributed by atoms with Crippen molar-refractivity contribution in [1.29, 1.82) is 0 Å². The molecule has 0 spiro atoms. The maximum absolute atomic E-state index is 11.8. The average molecular weight is 419 g/mol. The van der Waals surface area contributed by atoms with E-state index in [1.54, 1.807) is 18.0 Å². The van der Waals surface area contributed by atoms with Crippen molar-refractivity contribution >= 4 is 46.1 Å². The van der Waals surface area contributed by atoms with Crippen molar-refractivity contribution in [3.05, 3.63) is 21.9 Å². The van der Waals surface area contributed by atoms with Crippen molar-refractivity contribution in [2.75, 3.05) is 36.5 Å². The van der Waals surface area contributed by atoms with Crippen LogP contribution in [0.1, 0.15) is 25.7 Å². The second kappa shape index (κ2) is 9.63. The molecular weight excluding hydrogens is 397 g/mol. The average Bonchev–Trinajstić information content (AvgIpc) is 2.75. The fraction of sp³-hybridized carbons (Fsp3) is 0.600. The van der Waals surface area contributed by atoms with Crippen LogP contribution < -0.4 is 5.32 Å². The lowest BCUT2D eigenvalue weighted by Gasteiger charge is -2.19. The number of carbonyl (C=O) groups is 1. The number of nitrogens with one attached hydrogen (secondary N) is 1. The van der Waals surface area contributed by atoms with E-state index in [0.717, 1.165) is 15.9 Å². The Labute approximate surface area is 144 Å². The largest absolute Gasteiger partial charge is 0.310 e. The number of rotatable bonds is 6. The molecular formula is C15H22IN3OS. The molecule has 2 rings (SSSR count). The standard InChI is InChI=1S/C15H22IN3OS/c16-13-5-6-14(17-11-13)18-15(20)12-21-10-9-19-7-3-1-2-4-8-19/h5-6,11H,1-4,7-10,12H2,(H,17,18,20). The van der Waals surface area contributed by atoms with E-state index in [-0.39, 0.29) is 5.91 Å². The molecule has 1 fully saturated rings. The van der Waals surface area contributed by atoms with Crippen molar-refractivity contribution in [2.24, 2.45) is 0 Å². The molecule has 0 unspecified atom stereocenters. The smallest absolute Gasteiger partial charge is 0.235 e. The molecule has 1 aliphatic rings. The Hall–Kier alpha value is -0.340. The molecule has 0 saturated carbocycles. The van der Waals surface area contributed by atoms with Gasteiger partial charge in [-0.3, -0.25) is 4.79 Å². The summed E-state index contributed by atoms with van der Waals surface area (Å²) in [5.74, 6) is 2.19. The zero-order valence-electron chi connectivity index (χ0n) is 12.2. The van der Waals surface area contributed by atoms with Crippen LogP contribution in [-0.2, 0) is 4.79 Å². The molecule has 1 saturated heterocycles. The van der Waals surface area contributed by atoms with Gasteiger partial charge in [0.1, 0.15) is 5.82 Å². The van der Waals surface area contributed by atoms with Gasteiger partial charge in [0, 0.05) is 22.1 Å². The highest BCUT2D eigenvalue weighted by molar-refractivity contribution is 14.1. The number of hydrogen-bond donors (Lipinski definition) is 1. The van der Waals surface area contributed by atoms with Crippen LogP contribution in [0.25, 0.3) is 0 Å². The maximum Gasteiger partial charge on any atom is 0.235 e. The van der Waals surface area contributed by atoms with Crippen LogP contribution in [0.3, 0.4) is 0 Å². The molecule has 1 aromatic heterocycles. The SMILES string of the molecule is O=C(CSCCN1CCCCCC1)Nc1ccc(I)cn1. The molecule has 0 aromatic carbocycles. The fourth-order valence-electron chi connectivity index (χ4n) is 2.35. The minimum absolute atomic E-state index is 0.0320. The summed E-state index contributed by atoms with van der Waals surface area (Å²) in [4.78, 5) is 18.5. The number of thioether (sulfide) groups is 1. The van der Waals surface area contributed by atoms with Gasteiger partial charge in [-0.1, -0.05) is 12.8 Å². The maximum atomic E-state index is 11.8. The van der Waals surface area contributed by atoms with Gasteiger partial charge in [0.2, 0.25) is 5.91 Å². The summed E-state index contributed by atoms with van der Waals surface area (Å²) >= 11 is 3.90. The summed E-state index contributed by atoms with van der Waals surface area (Å²) in [6.07, 6.45) is 7.14. The van der Waals surface area contributed by atoms with E-state index in [1.807, 2.05) is 12.1 Å². The normalized spacial score (nSPS) is 16.4. The summed E-state index contributed by atoms with van der Waals surface area (Å²) in [5.41, 5.74) is 0. The Balaban J connectivity index is 1.59. The van der Waals surface area contributed by atoms with Gasteiger partial charge in [0.05, 0.1) is 5.75 Å². The van der Waals surface area contributed by atoms with Gasteiger partial charge < -0.3 is 10.2 Å². The second-order valence-electron chi connectivity index (χ2n) is 5.22. The number of aromatic nitrogens is 1. The van der Waals surface area contributed by atoms with Gasteiger partial charge in [0.15, 0.2) is 0 Å². The Morgan fingerprint density at radius 1 is 1.29 bits per heavy atom. The number of carbonyl (C=O) groups excluding carboxylic acids is 1. The molecule has 0 bridgehead atoms. The van der Waals surface area contributed by atoms with Crippen LogP contribution in [0.5, 0.6) is 0 Å². The lowest BCUT2D eigenvalue weighted by atomic mass is 10.2. The Kier molecular flexibility index (Phi) is 7.81. The Bertz CT molecular complexity index is 433. The molecule has 0 atom stereocenters. The number of hydrogen-bond acceptors (Lipinski definition) is 4. The van der Waals surface area contributed by atoms with Crippen LogP contribution in [0.4, 0.5) is 5.82 Å². The molecule has 1 aromatic rings. The molecule has 4 nitrogen and oxygen atoms in total. The summed E-state index contributed by atoms with van der Waals surface area (Å²) in [6.45, 7) is 3.54. The summed E-state index contributed by atoms with van der Waals surface area (Å²) in [7, 11) is 0. The van der Waals surface area contributed by atoms with Crippen molar-refractivity contribution in [3.8, 4) is 0 Å². The lowest BCUT2D eigenvalue weighted by Crippen LogP contribution is -2.27. The number of anilines is 1. The van der Waals surface area contributed by atoms with Crippen LogP contribution in [0.15, 0.2) is 18.3 Å². The van der Waals surface area contributed by atoms with Crippen molar-refractivity contribution in [2.45, 2.75) is 25.7 Å². The van der Waals surface area contributed by atoms with E-state index >= 15 is 0 Å². The van der Waals surface area contributed by atoms with E-state index in [2.05, 4.69) is 37.8 Å². The monoisotopic (exact) mass is 419 g/mol. The Morgan fingerprint density at radius 2 is 2.05 bits per heavy atom. The highest BCUT2D eigenvalue weighted by Gasteiger charge is 2.09. The third-order valence-corrected chi connectivity index (χ3v) is 5.05. The van der Waals surface area contributed by atoms with Gasteiger partial charge in [-0.25, -0.2) is 4.98 Å². The number of amides is 1. The predicted octanol–water partition coefficient (Wildman–Crippen LogP) is 3.23. The van der Waals surface area contributed by atoms with Crippen molar-refractivity contribution < 1.29 is 4.79 Å². The van der Waals surface area contributed by atoms with Crippen LogP contribution in [0, 0.1) is 3.57 Å². The molecule has 2 heterocycles. The first-order chi connectivity index (χ1) is 10.2. The number of pyridine rings is 1. The van der Waals surface area contributed by atoms with E-state index in [9.17, 15) is 4.79 Å². The number of nitrogens with zero attached hydrogens (tertiary/aromatic N) is 2. The van der Waals surface area contributed by atoms with Gasteiger partial charge in [-0.15, -0.1) is 0 Å². The third-order valence-electron chi connectivity index (χ3n) is 3.48. The predicted molar refractivity (Wildman–Crippen MR) is 97.8 cm³/mol. The summed E-state index contributed by atoms with van der Waals surface area (Å²) < 4.78 is 1.07. The van der Waals surface area contributed by atoms with Crippen molar-refractivity contribution in [3.63, 3.8) is 0 Å². The fourth-order valence-corrected chi connectivity index (χ4v) is 3.46. The van der Waals surface area contributed by atoms with Gasteiger partial charge >= 0.3 is 0 Å². The topological polar surface area (TPSA) is 45.2 Å². The third kappa shape index (κ3) is 6.97. The quantitative estimate of drug-likeness (QED) is 0.568. The zero-order chi connectivity index (χ0) is 14.9. The molecule has 6 heteroatoms.